The van der Waals surface area contributed by atoms with Crippen molar-refractivity contribution < 1.29 is 0 Å². The second kappa shape index (κ2) is 7.24. The van der Waals surface area contributed by atoms with Crippen LogP contribution in [-0.2, 0) is 6.54 Å². The number of rotatable bonds is 6. The first-order chi connectivity index (χ1) is 10.5. The van der Waals surface area contributed by atoms with Crippen LogP contribution >= 0.6 is 0 Å². The Morgan fingerprint density at radius 3 is 2.36 bits per heavy atom. The maximum absolute atomic E-state index is 8.89. The third-order valence-electron chi connectivity index (χ3n) is 4.03. The minimum atomic E-state index is 0.293. The molecule has 0 unspecified atom stereocenters. The van der Waals surface area contributed by atoms with E-state index in [2.05, 4.69) is 49.8 Å². The van der Waals surface area contributed by atoms with Gasteiger partial charge in [-0.25, -0.2) is 0 Å². The molecule has 0 aliphatic heterocycles. The molecule has 0 saturated carbocycles. The molecule has 0 N–H and O–H groups in total. The van der Waals surface area contributed by atoms with Gasteiger partial charge in [0.1, 0.15) is 0 Å². The summed E-state index contributed by atoms with van der Waals surface area (Å²) in [4.78, 5) is 2.38. The van der Waals surface area contributed by atoms with Crippen LogP contribution < -0.4 is 0 Å². The van der Waals surface area contributed by atoms with E-state index in [9.17, 15) is 0 Å². The summed E-state index contributed by atoms with van der Waals surface area (Å²) < 4.78 is 2.00. The van der Waals surface area contributed by atoms with E-state index < -0.39 is 0 Å². The van der Waals surface area contributed by atoms with Gasteiger partial charge in [-0.15, -0.1) is 0 Å². The highest BCUT2D eigenvalue weighted by atomic mass is 15.3. The molecule has 0 spiro atoms. The summed E-state index contributed by atoms with van der Waals surface area (Å²) in [7, 11) is 0. The Hall–Kier alpha value is -2.12. The molecule has 0 radical (unpaired) electrons. The molecule has 22 heavy (non-hydrogen) atoms. The van der Waals surface area contributed by atoms with E-state index >= 15 is 0 Å². The first-order valence-corrected chi connectivity index (χ1v) is 7.83. The molecule has 2 rings (SSSR count). The Bertz CT molecular complexity index is 634. The van der Waals surface area contributed by atoms with Crippen LogP contribution in [0.25, 0.3) is 0 Å². The molecule has 1 aromatic carbocycles. The van der Waals surface area contributed by atoms with Gasteiger partial charge < -0.3 is 0 Å². The molecule has 0 amide bonds. The van der Waals surface area contributed by atoms with Crippen LogP contribution in [0.15, 0.2) is 36.5 Å². The van der Waals surface area contributed by atoms with Gasteiger partial charge in [-0.05, 0) is 51.1 Å². The van der Waals surface area contributed by atoms with Crippen molar-refractivity contribution in [1.82, 2.24) is 14.7 Å². The third kappa shape index (κ3) is 3.75. The summed E-state index contributed by atoms with van der Waals surface area (Å²) in [6.07, 6.45) is 2.04. The standard InChI is InChI=1S/C18H24N4/c1-5-21(13-18-10-11-22(20-18)14(2)3)15(4)17-8-6-16(12-19)7-9-17/h6-11,14-15H,5,13H2,1-4H3/t15-/m1/s1. The molecule has 1 heterocycles. The van der Waals surface area contributed by atoms with E-state index in [0.717, 1.165) is 18.8 Å². The van der Waals surface area contributed by atoms with Crippen molar-refractivity contribution in [3.63, 3.8) is 0 Å². The molecule has 4 nitrogen and oxygen atoms in total. The van der Waals surface area contributed by atoms with Crippen LogP contribution in [-0.4, -0.2) is 21.2 Å². The van der Waals surface area contributed by atoms with E-state index in [1.54, 1.807) is 0 Å². The van der Waals surface area contributed by atoms with Crippen LogP contribution in [0.2, 0.25) is 0 Å². The molecule has 0 saturated heterocycles. The number of nitrogens with zero attached hydrogens (tertiary/aromatic N) is 4. The second-order valence-corrected chi connectivity index (χ2v) is 5.85. The predicted octanol–water partition coefficient (Wildman–Crippen LogP) is 3.92. The van der Waals surface area contributed by atoms with Gasteiger partial charge in [0.25, 0.3) is 0 Å². The largest absolute Gasteiger partial charge is 0.291 e. The number of nitriles is 1. The molecule has 4 heteroatoms. The maximum Gasteiger partial charge on any atom is 0.0991 e. The van der Waals surface area contributed by atoms with Crippen molar-refractivity contribution in [2.24, 2.45) is 0 Å². The van der Waals surface area contributed by atoms with Crippen molar-refractivity contribution in [3.8, 4) is 6.07 Å². The second-order valence-electron chi connectivity index (χ2n) is 5.85. The van der Waals surface area contributed by atoms with Crippen molar-refractivity contribution in [1.29, 1.82) is 5.26 Å². The van der Waals surface area contributed by atoms with Crippen LogP contribution in [0.1, 0.15) is 56.6 Å². The highest BCUT2D eigenvalue weighted by Gasteiger charge is 2.16. The van der Waals surface area contributed by atoms with Crippen molar-refractivity contribution >= 4 is 0 Å². The number of benzene rings is 1. The van der Waals surface area contributed by atoms with Crippen LogP contribution in [0.4, 0.5) is 0 Å². The van der Waals surface area contributed by atoms with Crippen LogP contribution in [0.5, 0.6) is 0 Å². The number of hydrogen-bond acceptors (Lipinski definition) is 3. The summed E-state index contributed by atoms with van der Waals surface area (Å²) in [5.41, 5.74) is 3.02. The van der Waals surface area contributed by atoms with Crippen LogP contribution in [0, 0.1) is 11.3 Å². The van der Waals surface area contributed by atoms with Gasteiger partial charge in [-0.1, -0.05) is 19.1 Å². The maximum atomic E-state index is 8.89. The van der Waals surface area contributed by atoms with E-state index in [0.29, 0.717) is 17.6 Å². The number of aromatic nitrogens is 2. The Morgan fingerprint density at radius 1 is 1.18 bits per heavy atom. The van der Waals surface area contributed by atoms with E-state index in [4.69, 9.17) is 5.26 Å². The zero-order valence-electron chi connectivity index (χ0n) is 13.8. The molecular weight excluding hydrogens is 272 g/mol. The summed E-state index contributed by atoms with van der Waals surface area (Å²) >= 11 is 0. The predicted molar refractivity (Wildman–Crippen MR) is 88.3 cm³/mol. The lowest BCUT2D eigenvalue weighted by Gasteiger charge is -2.27. The van der Waals surface area contributed by atoms with E-state index in [-0.39, 0.29) is 0 Å². The quantitative estimate of drug-likeness (QED) is 0.811. The van der Waals surface area contributed by atoms with Gasteiger partial charge in [0, 0.05) is 24.8 Å². The third-order valence-corrected chi connectivity index (χ3v) is 4.03. The summed E-state index contributed by atoms with van der Waals surface area (Å²) in [5.74, 6) is 0. The van der Waals surface area contributed by atoms with E-state index in [1.807, 2.05) is 35.1 Å². The lowest BCUT2D eigenvalue weighted by atomic mass is 10.0. The molecule has 116 valence electrons. The van der Waals surface area contributed by atoms with Crippen LogP contribution in [0.3, 0.4) is 0 Å². The van der Waals surface area contributed by atoms with Gasteiger partial charge in [0.2, 0.25) is 0 Å². The Balaban J connectivity index is 2.10. The van der Waals surface area contributed by atoms with Gasteiger partial charge in [0.15, 0.2) is 0 Å². The molecule has 0 bridgehead atoms. The molecular formula is C18H24N4. The van der Waals surface area contributed by atoms with Crippen molar-refractivity contribution in [2.45, 2.75) is 46.3 Å². The highest BCUT2D eigenvalue weighted by Crippen LogP contribution is 2.22. The molecule has 1 atom stereocenters. The minimum Gasteiger partial charge on any atom is -0.291 e. The normalized spacial score (nSPS) is 12.6. The molecule has 2 aromatic rings. The Labute approximate surface area is 133 Å². The lowest BCUT2D eigenvalue weighted by molar-refractivity contribution is 0.209. The monoisotopic (exact) mass is 296 g/mol. The van der Waals surface area contributed by atoms with Crippen molar-refractivity contribution in [2.75, 3.05) is 6.54 Å². The zero-order chi connectivity index (χ0) is 16.1. The van der Waals surface area contributed by atoms with Crippen molar-refractivity contribution in [3.05, 3.63) is 53.3 Å². The Morgan fingerprint density at radius 2 is 1.86 bits per heavy atom. The average Bonchev–Trinajstić information content (AvgIpc) is 3.01. The molecule has 0 fully saturated rings. The molecule has 0 aliphatic carbocycles. The number of hydrogen-bond donors (Lipinski definition) is 0. The van der Waals surface area contributed by atoms with Gasteiger partial charge in [-0.2, -0.15) is 10.4 Å². The zero-order valence-corrected chi connectivity index (χ0v) is 13.8. The fraction of sp³-hybridized carbons (Fsp3) is 0.444. The first-order valence-electron chi connectivity index (χ1n) is 7.83. The fourth-order valence-corrected chi connectivity index (χ4v) is 2.53. The topological polar surface area (TPSA) is 44.9 Å². The molecule has 0 aliphatic rings. The van der Waals surface area contributed by atoms with Gasteiger partial charge in [0.05, 0.1) is 17.3 Å². The Kier molecular flexibility index (Phi) is 5.35. The summed E-state index contributed by atoms with van der Waals surface area (Å²) in [5, 5.41) is 13.5. The minimum absolute atomic E-state index is 0.293. The molecule has 1 aromatic heterocycles. The average molecular weight is 296 g/mol. The lowest BCUT2D eigenvalue weighted by Crippen LogP contribution is -2.26. The fourth-order valence-electron chi connectivity index (χ4n) is 2.53. The first kappa shape index (κ1) is 16.3. The smallest absolute Gasteiger partial charge is 0.0991 e. The summed E-state index contributed by atoms with van der Waals surface area (Å²) in [6.45, 7) is 10.4. The van der Waals surface area contributed by atoms with E-state index in [1.165, 1.54) is 5.56 Å². The van der Waals surface area contributed by atoms with Gasteiger partial charge >= 0.3 is 0 Å². The highest BCUT2D eigenvalue weighted by molar-refractivity contribution is 5.32. The summed E-state index contributed by atoms with van der Waals surface area (Å²) in [6, 6.07) is 12.8. The SMILES string of the molecule is CCN(Cc1ccn(C(C)C)n1)[C@H](C)c1ccc(C#N)cc1. The van der Waals surface area contributed by atoms with Gasteiger partial charge in [-0.3, -0.25) is 9.58 Å².